The highest BCUT2D eigenvalue weighted by molar-refractivity contribution is 4.79. The minimum Gasteiger partial charge on any atom is -0.326 e. The van der Waals surface area contributed by atoms with E-state index in [0.717, 1.165) is 6.54 Å². The summed E-state index contributed by atoms with van der Waals surface area (Å²) in [5.41, 5.74) is 6.20. The zero-order valence-electron chi connectivity index (χ0n) is 11.4. The molecule has 1 aliphatic heterocycles. The smallest absolute Gasteiger partial charge is 0.0193 e. The van der Waals surface area contributed by atoms with Crippen LogP contribution in [0.2, 0.25) is 0 Å². The summed E-state index contributed by atoms with van der Waals surface area (Å²) in [5.74, 6) is 0.642. The van der Waals surface area contributed by atoms with Crippen molar-refractivity contribution in [1.29, 1.82) is 0 Å². The monoisotopic (exact) mass is 227 g/mol. The Morgan fingerprint density at radius 3 is 2.06 bits per heavy atom. The van der Waals surface area contributed by atoms with E-state index in [4.69, 9.17) is 5.73 Å². The van der Waals surface area contributed by atoms with E-state index in [1.54, 1.807) is 0 Å². The number of nitrogens with two attached hydrogens (primary N) is 1. The van der Waals surface area contributed by atoms with Crippen molar-refractivity contribution in [3.63, 3.8) is 0 Å². The van der Waals surface area contributed by atoms with Gasteiger partial charge in [0.25, 0.3) is 0 Å². The highest BCUT2D eigenvalue weighted by atomic mass is 15.3. The zero-order chi connectivity index (χ0) is 12.1. The van der Waals surface area contributed by atoms with Gasteiger partial charge in [-0.25, -0.2) is 0 Å². The molecule has 0 aliphatic carbocycles. The van der Waals surface area contributed by atoms with E-state index in [9.17, 15) is 0 Å². The minimum absolute atomic E-state index is 0.343. The lowest BCUT2D eigenvalue weighted by Gasteiger charge is -2.38. The summed E-state index contributed by atoms with van der Waals surface area (Å²) in [4.78, 5) is 5.07. The molecule has 1 heterocycles. The van der Waals surface area contributed by atoms with E-state index in [1.165, 1.54) is 32.6 Å². The Labute approximate surface area is 101 Å². The second-order valence-electron chi connectivity index (χ2n) is 5.48. The molecule has 1 fully saturated rings. The van der Waals surface area contributed by atoms with Crippen LogP contribution in [0.4, 0.5) is 0 Å². The standard InChI is InChI=1S/C13H29N3/c1-5-12(4)13(14)10-15-6-8-16(9-7-15)11(2)3/h11-13H,5-10,14H2,1-4H3/t12-,13+/m0/s1. The molecule has 1 aliphatic rings. The second kappa shape index (κ2) is 6.58. The molecule has 96 valence electrons. The molecule has 2 N–H and O–H groups in total. The second-order valence-corrected chi connectivity index (χ2v) is 5.48. The maximum atomic E-state index is 6.20. The molecule has 1 rings (SSSR count). The third kappa shape index (κ3) is 4.04. The number of hydrogen-bond donors (Lipinski definition) is 1. The van der Waals surface area contributed by atoms with Crippen LogP contribution in [-0.4, -0.2) is 54.6 Å². The molecule has 0 aromatic heterocycles. The van der Waals surface area contributed by atoms with Gasteiger partial charge in [-0.3, -0.25) is 9.80 Å². The molecule has 2 atom stereocenters. The summed E-state index contributed by atoms with van der Waals surface area (Å²) >= 11 is 0. The molecule has 1 saturated heterocycles. The Morgan fingerprint density at radius 1 is 1.06 bits per heavy atom. The summed E-state index contributed by atoms with van der Waals surface area (Å²) in [6.07, 6.45) is 1.19. The van der Waals surface area contributed by atoms with Crippen LogP contribution in [0.15, 0.2) is 0 Å². The third-order valence-corrected chi connectivity index (χ3v) is 3.98. The molecule has 3 nitrogen and oxygen atoms in total. The van der Waals surface area contributed by atoms with Gasteiger partial charge >= 0.3 is 0 Å². The fourth-order valence-corrected chi connectivity index (χ4v) is 2.24. The lowest BCUT2D eigenvalue weighted by Crippen LogP contribution is -2.52. The SMILES string of the molecule is CC[C@H](C)[C@H](N)CN1CCN(C(C)C)CC1. The van der Waals surface area contributed by atoms with Crippen molar-refractivity contribution < 1.29 is 0 Å². The van der Waals surface area contributed by atoms with Gasteiger partial charge in [-0.1, -0.05) is 20.3 Å². The quantitative estimate of drug-likeness (QED) is 0.770. The summed E-state index contributed by atoms with van der Waals surface area (Å²) in [7, 11) is 0. The summed E-state index contributed by atoms with van der Waals surface area (Å²) in [5, 5.41) is 0. The largest absolute Gasteiger partial charge is 0.326 e. The van der Waals surface area contributed by atoms with Crippen molar-refractivity contribution in [2.75, 3.05) is 32.7 Å². The van der Waals surface area contributed by atoms with Gasteiger partial charge in [-0.05, 0) is 19.8 Å². The molecular formula is C13H29N3. The molecule has 3 heteroatoms. The van der Waals surface area contributed by atoms with Crippen LogP contribution in [0.1, 0.15) is 34.1 Å². The fourth-order valence-electron chi connectivity index (χ4n) is 2.24. The molecule has 0 amide bonds. The molecule has 0 bridgehead atoms. The zero-order valence-corrected chi connectivity index (χ0v) is 11.4. The Balaban J connectivity index is 2.26. The van der Waals surface area contributed by atoms with Crippen molar-refractivity contribution >= 4 is 0 Å². The molecule has 16 heavy (non-hydrogen) atoms. The van der Waals surface area contributed by atoms with E-state index in [-0.39, 0.29) is 0 Å². The van der Waals surface area contributed by atoms with E-state index in [2.05, 4.69) is 37.5 Å². The van der Waals surface area contributed by atoms with Crippen molar-refractivity contribution in [3.05, 3.63) is 0 Å². The van der Waals surface area contributed by atoms with E-state index < -0.39 is 0 Å². The van der Waals surface area contributed by atoms with Crippen molar-refractivity contribution in [1.82, 2.24) is 9.80 Å². The normalized spacial score (nSPS) is 23.6. The van der Waals surface area contributed by atoms with Gasteiger partial charge in [0.15, 0.2) is 0 Å². The van der Waals surface area contributed by atoms with Crippen LogP contribution < -0.4 is 5.73 Å². The molecular weight excluding hydrogens is 198 g/mol. The van der Waals surface area contributed by atoms with Gasteiger partial charge in [0.1, 0.15) is 0 Å². The highest BCUT2D eigenvalue weighted by Gasteiger charge is 2.21. The van der Waals surface area contributed by atoms with Crippen molar-refractivity contribution in [3.8, 4) is 0 Å². The molecule has 0 radical (unpaired) electrons. The number of hydrogen-bond acceptors (Lipinski definition) is 3. The average molecular weight is 227 g/mol. The Hall–Kier alpha value is -0.120. The number of nitrogens with zero attached hydrogens (tertiary/aromatic N) is 2. The summed E-state index contributed by atoms with van der Waals surface area (Å²) in [6, 6.07) is 1.03. The molecule has 0 aromatic carbocycles. The first kappa shape index (κ1) is 13.9. The lowest BCUT2D eigenvalue weighted by molar-refractivity contribution is 0.0995. The Bertz CT molecular complexity index is 186. The maximum absolute atomic E-state index is 6.20. The number of piperazine rings is 1. The molecule has 0 spiro atoms. The predicted octanol–water partition coefficient (Wildman–Crippen LogP) is 1.39. The number of rotatable bonds is 5. The maximum Gasteiger partial charge on any atom is 0.0193 e. The van der Waals surface area contributed by atoms with Crippen molar-refractivity contribution in [2.24, 2.45) is 11.7 Å². The average Bonchev–Trinajstić information content (AvgIpc) is 2.28. The van der Waals surface area contributed by atoms with Crippen LogP contribution in [0, 0.1) is 5.92 Å². The highest BCUT2D eigenvalue weighted by Crippen LogP contribution is 2.10. The van der Waals surface area contributed by atoms with Crippen LogP contribution >= 0.6 is 0 Å². The van der Waals surface area contributed by atoms with Gasteiger partial charge in [0.2, 0.25) is 0 Å². The summed E-state index contributed by atoms with van der Waals surface area (Å²) in [6.45, 7) is 14.9. The van der Waals surface area contributed by atoms with Gasteiger partial charge in [-0.2, -0.15) is 0 Å². The van der Waals surface area contributed by atoms with Crippen LogP contribution in [-0.2, 0) is 0 Å². The molecule has 0 aromatic rings. The predicted molar refractivity (Wildman–Crippen MR) is 70.6 cm³/mol. The minimum atomic E-state index is 0.343. The lowest BCUT2D eigenvalue weighted by atomic mass is 9.99. The van der Waals surface area contributed by atoms with E-state index >= 15 is 0 Å². The van der Waals surface area contributed by atoms with Gasteiger partial charge < -0.3 is 5.73 Å². The van der Waals surface area contributed by atoms with Gasteiger partial charge in [-0.15, -0.1) is 0 Å². The topological polar surface area (TPSA) is 32.5 Å². The first-order chi connectivity index (χ1) is 7.54. The van der Waals surface area contributed by atoms with Gasteiger partial charge in [0, 0.05) is 44.8 Å². The first-order valence-corrected chi connectivity index (χ1v) is 6.76. The first-order valence-electron chi connectivity index (χ1n) is 6.76. The third-order valence-electron chi connectivity index (χ3n) is 3.98. The van der Waals surface area contributed by atoms with Crippen LogP contribution in [0.3, 0.4) is 0 Å². The van der Waals surface area contributed by atoms with E-state index in [0.29, 0.717) is 18.0 Å². The van der Waals surface area contributed by atoms with E-state index in [1.807, 2.05) is 0 Å². The van der Waals surface area contributed by atoms with Gasteiger partial charge in [0.05, 0.1) is 0 Å². The van der Waals surface area contributed by atoms with Crippen molar-refractivity contribution in [2.45, 2.75) is 46.2 Å². The summed E-state index contributed by atoms with van der Waals surface area (Å²) < 4.78 is 0. The van der Waals surface area contributed by atoms with Crippen LogP contribution in [0.25, 0.3) is 0 Å². The molecule has 0 unspecified atom stereocenters. The Kier molecular flexibility index (Phi) is 5.73. The Morgan fingerprint density at radius 2 is 1.62 bits per heavy atom. The fraction of sp³-hybridized carbons (Fsp3) is 1.00. The molecule has 0 saturated carbocycles. The van der Waals surface area contributed by atoms with Crippen LogP contribution in [0.5, 0.6) is 0 Å².